The predicted octanol–water partition coefficient (Wildman–Crippen LogP) is 4.57. The van der Waals surface area contributed by atoms with E-state index in [9.17, 15) is 9.90 Å². The lowest BCUT2D eigenvalue weighted by Gasteiger charge is -2.24. The zero-order valence-electron chi connectivity index (χ0n) is 14.1. The number of anilines is 1. The molecular weight excluding hydrogens is 324 g/mol. The van der Waals surface area contributed by atoms with E-state index in [0.29, 0.717) is 24.5 Å². The predicted molar refractivity (Wildman–Crippen MR) is 98.8 cm³/mol. The number of halogens is 1. The Morgan fingerprint density at radius 3 is 2.71 bits per heavy atom. The van der Waals surface area contributed by atoms with Gasteiger partial charge in [0.25, 0.3) is 0 Å². The van der Waals surface area contributed by atoms with E-state index in [4.69, 9.17) is 11.6 Å². The lowest BCUT2D eigenvalue weighted by molar-refractivity contribution is 0.0458. The summed E-state index contributed by atoms with van der Waals surface area (Å²) in [6.45, 7) is 5.00. The van der Waals surface area contributed by atoms with E-state index in [1.54, 1.807) is 4.90 Å². The molecule has 0 saturated carbocycles. The summed E-state index contributed by atoms with van der Waals surface area (Å²) in [6, 6.07) is 9.56. The molecule has 0 radical (unpaired) electrons. The number of carbonyl (C=O) groups excluding carboxylic acids is 1. The molecule has 128 valence electrons. The number of aliphatic hydroxyl groups is 1. The summed E-state index contributed by atoms with van der Waals surface area (Å²) in [4.78, 5) is 14.5. The normalized spacial score (nSPS) is 21.6. The maximum atomic E-state index is 12.7. The van der Waals surface area contributed by atoms with Crippen molar-refractivity contribution in [1.82, 2.24) is 4.90 Å². The van der Waals surface area contributed by atoms with Gasteiger partial charge in [-0.3, -0.25) is 0 Å². The Bertz CT molecular complexity index is 773. The molecule has 3 rings (SSSR count). The minimum Gasteiger partial charge on any atom is -0.390 e. The van der Waals surface area contributed by atoms with Gasteiger partial charge in [-0.1, -0.05) is 35.9 Å². The first-order valence-electron chi connectivity index (χ1n) is 8.33. The molecule has 2 aromatic rings. The average Bonchev–Trinajstić information content (AvgIpc) is 2.72. The second-order valence-corrected chi connectivity index (χ2v) is 7.27. The van der Waals surface area contributed by atoms with E-state index in [1.807, 2.05) is 44.2 Å². The van der Waals surface area contributed by atoms with Gasteiger partial charge < -0.3 is 15.3 Å². The van der Waals surface area contributed by atoms with E-state index >= 15 is 0 Å². The van der Waals surface area contributed by atoms with Crippen molar-refractivity contribution in [3.63, 3.8) is 0 Å². The summed E-state index contributed by atoms with van der Waals surface area (Å²) in [7, 11) is 0. The molecule has 1 fully saturated rings. The minimum atomic E-state index is -0.683. The topological polar surface area (TPSA) is 52.6 Å². The largest absolute Gasteiger partial charge is 0.390 e. The highest BCUT2D eigenvalue weighted by atomic mass is 35.5. The minimum absolute atomic E-state index is 0.122. The Kier molecular flexibility index (Phi) is 4.70. The number of carbonyl (C=O) groups is 1. The lowest BCUT2D eigenvalue weighted by atomic mass is 9.98. The van der Waals surface area contributed by atoms with Crippen molar-refractivity contribution in [2.24, 2.45) is 0 Å². The summed E-state index contributed by atoms with van der Waals surface area (Å²) in [5, 5.41) is 15.8. The number of aryl methyl sites for hydroxylation is 1. The van der Waals surface area contributed by atoms with Crippen LogP contribution in [0.4, 0.5) is 10.5 Å². The molecule has 5 heteroatoms. The van der Waals surface area contributed by atoms with E-state index in [0.717, 1.165) is 34.9 Å². The number of urea groups is 1. The summed E-state index contributed by atoms with van der Waals surface area (Å²) in [5.74, 6) is 0. The van der Waals surface area contributed by atoms with Gasteiger partial charge in [-0.2, -0.15) is 0 Å². The van der Waals surface area contributed by atoms with Crippen LogP contribution in [-0.2, 0) is 0 Å². The fraction of sp³-hybridized carbons (Fsp3) is 0.421. The molecule has 0 aromatic heterocycles. The van der Waals surface area contributed by atoms with Crippen LogP contribution < -0.4 is 5.32 Å². The van der Waals surface area contributed by atoms with Gasteiger partial charge in [0.2, 0.25) is 0 Å². The van der Waals surface area contributed by atoms with Gasteiger partial charge in [-0.15, -0.1) is 0 Å². The Morgan fingerprint density at radius 1 is 1.25 bits per heavy atom. The highest BCUT2D eigenvalue weighted by Gasteiger charge is 2.27. The first kappa shape index (κ1) is 17.1. The molecule has 1 heterocycles. The molecule has 1 aliphatic rings. The van der Waals surface area contributed by atoms with Crippen LogP contribution in [-0.4, -0.2) is 34.7 Å². The first-order valence-corrected chi connectivity index (χ1v) is 8.71. The van der Waals surface area contributed by atoms with Crippen molar-refractivity contribution in [3.05, 3.63) is 40.9 Å². The Morgan fingerprint density at radius 2 is 1.96 bits per heavy atom. The van der Waals surface area contributed by atoms with Crippen LogP contribution in [0.25, 0.3) is 10.8 Å². The summed E-state index contributed by atoms with van der Waals surface area (Å²) < 4.78 is 0. The molecule has 1 atom stereocenters. The number of nitrogens with one attached hydrogen (secondary N) is 1. The standard InChI is InChI=1S/C19H23ClN2O2/c1-13-12-16(20)14-6-3-4-7-15(14)17(13)21-18(23)22-10-5-8-19(2,24)9-11-22/h3-4,6-7,12,24H,5,8-11H2,1-2H3,(H,21,23)/t19-/m1/s1. The van der Waals surface area contributed by atoms with Gasteiger partial charge in [-0.05, 0) is 44.7 Å². The fourth-order valence-corrected chi connectivity index (χ4v) is 3.61. The molecule has 0 spiro atoms. The van der Waals surface area contributed by atoms with Gasteiger partial charge in [0.15, 0.2) is 0 Å². The average molecular weight is 347 g/mol. The number of hydrogen-bond donors (Lipinski definition) is 2. The molecule has 0 bridgehead atoms. The van der Waals surface area contributed by atoms with Crippen molar-refractivity contribution in [3.8, 4) is 0 Å². The van der Waals surface area contributed by atoms with Gasteiger partial charge in [0, 0.05) is 28.9 Å². The first-order chi connectivity index (χ1) is 11.4. The summed E-state index contributed by atoms with van der Waals surface area (Å²) in [6.07, 6.45) is 2.13. The maximum Gasteiger partial charge on any atom is 0.321 e. The van der Waals surface area contributed by atoms with Crippen LogP contribution >= 0.6 is 11.6 Å². The van der Waals surface area contributed by atoms with E-state index in [2.05, 4.69) is 5.32 Å². The van der Waals surface area contributed by atoms with Crippen LogP contribution in [0.15, 0.2) is 30.3 Å². The Hall–Kier alpha value is -1.78. The summed E-state index contributed by atoms with van der Waals surface area (Å²) >= 11 is 6.32. The molecule has 2 aromatic carbocycles. The molecule has 0 unspecified atom stereocenters. The number of nitrogens with zero attached hydrogens (tertiary/aromatic N) is 1. The molecule has 1 saturated heterocycles. The molecule has 2 N–H and O–H groups in total. The van der Waals surface area contributed by atoms with Crippen LogP contribution in [0.1, 0.15) is 31.7 Å². The Balaban J connectivity index is 1.86. The molecule has 24 heavy (non-hydrogen) atoms. The van der Waals surface area contributed by atoms with Gasteiger partial charge in [0.1, 0.15) is 0 Å². The second-order valence-electron chi connectivity index (χ2n) is 6.86. The number of likely N-dealkylation sites (tertiary alicyclic amines) is 1. The van der Waals surface area contributed by atoms with Crippen molar-refractivity contribution in [1.29, 1.82) is 0 Å². The summed E-state index contributed by atoms with van der Waals surface area (Å²) in [5.41, 5.74) is 1.06. The maximum absolute atomic E-state index is 12.7. The Labute approximate surface area is 147 Å². The third-order valence-electron chi connectivity index (χ3n) is 4.77. The zero-order valence-corrected chi connectivity index (χ0v) is 14.9. The van der Waals surface area contributed by atoms with Crippen molar-refractivity contribution in [2.45, 2.75) is 38.7 Å². The molecular formula is C19H23ClN2O2. The van der Waals surface area contributed by atoms with Crippen LogP contribution in [0.5, 0.6) is 0 Å². The van der Waals surface area contributed by atoms with Crippen molar-refractivity contribution < 1.29 is 9.90 Å². The number of amides is 2. The van der Waals surface area contributed by atoms with E-state index in [-0.39, 0.29) is 6.03 Å². The van der Waals surface area contributed by atoms with Crippen molar-refractivity contribution >= 4 is 34.1 Å². The zero-order chi connectivity index (χ0) is 17.3. The molecule has 4 nitrogen and oxygen atoms in total. The second kappa shape index (κ2) is 6.61. The molecule has 1 aliphatic heterocycles. The smallest absolute Gasteiger partial charge is 0.321 e. The highest BCUT2D eigenvalue weighted by Crippen LogP contribution is 2.33. The van der Waals surface area contributed by atoms with Gasteiger partial charge in [-0.25, -0.2) is 4.79 Å². The van der Waals surface area contributed by atoms with Gasteiger partial charge in [0.05, 0.1) is 11.3 Å². The molecule has 0 aliphatic carbocycles. The van der Waals surface area contributed by atoms with Crippen molar-refractivity contribution in [2.75, 3.05) is 18.4 Å². The number of fused-ring (bicyclic) bond motifs is 1. The monoisotopic (exact) mass is 346 g/mol. The number of benzene rings is 2. The molecule has 2 amide bonds. The lowest BCUT2D eigenvalue weighted by Crippen LogP contribution is -2.36. The van der Waals surface area contributed by atoms with Crippen LogP contribution in [0, 0.1) is 6.92 Å². The number of hydrogen-bond acceptors (Lipinski definition) is 2. The van der Waals surface area contributed by atoms with E-state index < -0.39 is 5.60 Å². The highest BCUT2D eigenvalue weighted by molar-refractivity contribution is 6.36. The number of rotatable bonds is 1. The third-order valence-corrected chi connectivity index (χ3v) is 5.09. The van der Waals surface area contributed by atoms with Crippen LogP contribution in [0.2, 0.25) is 5.02 Å². The van der Waals surface area contributed by atoms with Gasteiger partial charge >= 0.3 is 6.03 Å². The fourth-order valence-electron chi connectivity index (χ4n) is 3.28. The SMILES string of the molecule is Cc1cc(Cl)c2ccccc2c1NC(=O)N1CCC[C@@](C)(O)CC1. The van der Waals surface area contributed by atoms with Crippen LogP contribution in [0.3, 0.4) is 0 Å². The van der Waals surface area contributed by atoms with E-state index in [1.165, 1.54) is 0 Å². The third kappa shape index (κ3) is 3.50. The quantitative estimate of drug-likeness (QED) is 0.794.